The van der Waals surface area contributed by atoms with E-state index in [1.807, 2.05) is 0 Å². The Labute approximate surface area is 162 Å². The summed E-state index contributed by atoms with van der Waals surface area (Å²) in [7, 11) is -3.76. The van der Waals surface area contributed by atoms with Crippen molar-refractivity contribution in [1.29, 1.82) is 0 Å². The van der Waals surface area contributed by atoms with Gasteiger partial charge in [-0.05, 0) is 36.8 Å². The van der Waals surface area contributed by atoms with Crippen molar-refractivity contribution in [1.82, 2.24) is 0 Å². The summed E-state index contributed by atoms with van der Waals surface area (Å²) in [4.78, 5) is 26.2. The molecule has 0 fully saturated rings. The second kappa shape index (κ2) is 7.21. The van der Waals surface area contributed by atoms with Crippen LogP contribution < -0.4 is 14.5 Å². The minimum atomic E-state index is -3.76. The number of rotatable bonds is 4. The molecule has 1 aliphatic heterocycles. The van der Waals surface area contributed by atoms with Gasteiger partial charge >= 0.3 is 0 Å². The molecule has 1 heterocycles. The Balaban J connectivity index is 1.97. The Morgan fingerprint density at radius 2 is 1.96 bits per heavy atom. The van der Waals surface area contributed by atoms with Crippen molar-refractivity contribution < 1.29 is 18.0 Å². The number of halogens is 1. The molecular weight excluding hydrogens is 390 g/mol. The van der Waals surface area contributed by atoms with Gasteiger partial charge in [-0.2, -0.15) is 0 Å². The summed E-state index contributed by atoms with van der Waals surface area (Å²) in [6.45, 7) is 1.11. The Kier molecular flexibility index (Phi) is 5.12. The third-order valence-corrected chi connectivity index (χ3v) is 5.55. The fraction of sp³-hybridized carbons (Fsp3) is 0.222. The Morgan fingerprint density at radius 1 is 1.26 bits per heavy atom. The van der Waals surface area contributed by atoms with Gasteiger partial charge in [0.2, 0.25) is 21.8 Å². The van der Waals surface area contributed by atoms with Gasteiger partial charge in [-0.25, -0.2) is 8.42 Å². The molecule has 9 heteroatoms. The summed E-state index contributed by atoms with van der Waals surface area (Å²) in [5, 5.41) is 3.05. The van der Waals surface area contributed by atoms with Crippen molar-refractivity contribution in [2.45, 2.75) is 6.92 Å². The molecule has 1 aliphatic rings. The van der Waals surface area contributed by atoms with Crippen LogP contribution in [0.25, 0.3) is 0 Å². The number of carbonyl (C=O) groups is 2. The first-order valence-electron chi connectivity index (χ1n) is 8.10. The van der Waals surface area contributed by atoms with Gasteiger partial charge in [-0.15, -0.1) is 0 Å². The molecule has 0 aromatic heterocycles. The molecule has 0 spiro atoms. The monoisotopic (exact) mass is 407 g/mol. The predicted molar refractivity (Wildman–Crippen MR) is 106 cm³/mol. The molecule has 0 aliphatic carbocycles. The lowest BCUT2D eigenvalue weighted by molar-refractivity contribution is -0.121. The Morgan fingerprint density at radius 3 is 2.67 bits per heavy atom. The lowest BCUT2D eigenvalue weighted by Gasteiger charge is -2.31. The first-order chi connectivity index (χ1) is 12.7. The molecular formula is C18H18ClN3O4S. The largest absolute Gasteiger partial charge is 0.323 e. The fourth-order valence-electron chi connectivity index (χ4n) is 2.90. The molecule has 2 aromatic rings. The van der Waals surface area contributed by atoms with Crippen LogP contribution in [0.3, 0.4) is 0 Å². The van der Waals surface area contributed by atoms with Crippen LogP contribution >= 0.6 is 11.6 Å². The van der Waals surface area contributed by atoms with Crippen LogP contribution in [0, 0.1) is 6.92 Å². The first-order valence-corrected chi connectivity index (χ1v) is 10.3. The highest BCUT2D eigenvalue weighted by Gasteiger charge is 2.30. The third-order valence-electron chi connectivity index (χ3n) is 4.19. The minimum absolute atomic E-state index is 0.179. The molecule has 2 aromatic carbocycles. The smallest absolute Gasteiger partial charge is 0.248 e. The standard InChI is InChI=1S/C18H18ClN3O4S/c1-12-7-8-13(19)9-16(12)22(27(2,25)26)11-18(24)21-10-17(23)20-14-5-3-4-6-15(14)21/h3-9H,10-11H2,1-2H3,(H,20,23). The summed E-state index contributed by atoms with van der Waals surface area (Å²) in [5.41, 5.74) is 2.02. The summed E-state index contributed by atoms with van der Waals surface area (Å²) >= 11 is 6.01. The molecule has 1 N–H and O–H groups in total. The van der Waals surface area contributed by atoms with Crippen LogP contribution in [-0.2, 0) is 19.6 Å². The molecule has 0 unspecified atom stereocenters. The molecule has 0 bridgehead atoms. The molecule has 0 radical (unpaired) electrons. The summed E-state index contributed by atoms with van der Waals surface area (Å²) in [6, 6.07) is 11.7. The number of amides is 2. The maximum atomic E-state index is 12.9. The molecule has 0 atom stereocenters. The number of para-hydroxylation sites is 2. The van der Waals surface area contributed by atoms with Crippen LogP contribution in [0.1, 0.15) is 5.56 Å². The average molecular weight is 408 g/mol. The number of nitrogens with zero attached hydrogens (tertiary/aromatic N) is 2. The van der Waals surface area contributed by atoms with E-state index in [1.165, 1.54) is 11.0 Å². The molecule has 3 rings (SSSR count). The number of nitrogens with one attached hydrogen (secondary N) is 1. The van der Waals surface area contributed by atoms with Crippen molar-refractivity contribution in [3.05, 3.63) is 53.1 Å². The molecule has 0 saturated heterocycles. The number of hydrogen-bond acceptors (Lipinski definition) is 4. The van der Waals surface area contributed by atoms with Gasteiger partial charge in [-0.3, -0.25) is 18.8 Å². The number of hydrogen-bond donors (Lipinski definition) is 1. The van der Waals surface area contributed by atoms with Gasteiger partial charge in [0.15, 0.2) is 0 Å². The number of anilines is 3. The SMILES string of the molecule is Cc1ccc(Cl)cc1N(CC(=O)N1CC(=O)Nc2ccccc21)S(C)(=O)=O. The molecule has 142 valence electrons. The van der Waals surface area contributed by atoms with Crippen LogP contribution in [-0.4, -0.2) is 39.6 Å². The number of sulfonamides is 1. The van der Waals surface area contributed by atoms with Crippen LogP contribution in [0.5, 0.6) is 0 Å². The Bertz CT molecular complexity index is 1020. The molecule has 2 amide bonds. The van der Waals surface area contributed by atoms with Gasteiger partial charge in [0.25, 0.3) is 0 Å². The van der Waals surface area contributed by atoms with E-state index in [4.69, 9.17) is 11.6 Å². The number of fused-ring (bicyclic) bond motifs is 1. The van der Waals surface area contributed by atoms with E-state index in [2.05, 4.69) is 5.32 Å². The topological polar surface area (TPSA) is 86.8 Å². The van der Waals surface area contributed by atoms with Gasteiger partial charge in [0.05, 0.1) is 23.3 Å². The maximum Gasteiger partial charge on any atom is 0.248 e. The van der Waals surface area contributed by atoms with E-state index >= 15 is 0 Å². The minimum Gasteiger partial charge on any atom is -0.323 e. The van der Waals surface area contributed by atoms with Crippen molar-refractivity contribution in [3.63, 3.8) is 0 Å². The highest BCUT2D eigenvalue weighted by Crippen LogP contribution is 2.30. The quantitative estimate of drug-likeness (QED) is 0.843. The number of carbonyl (C=O) groups excluding carboxylic acids is 2. The van der Waals surface area contributed by atoms with Crippen molar-refractivity contribution in [2.75, 3.05) is 33.9 Å². The van der Waals surface area contributed by atoms with Crippen LogP contribution in [0.15, 0.2) is 42.5 Å². The zero-order chi connectivity index (χ0) is 19.8. The van der Waals surface area contributed by atoms with E-state index < -0.39 is 22.5 Å². The van der Waals surface area contributed by atoms with Gasteiger partial charge in [0, 0.05) is 5.02 Å². The van der Waals surface area contributed by atoms with E-state index in [-0.39, 0.29) is 12.5 Å². The predicted octanol–water partition coefficient (Wildman–Crippen LogP) is 2.40. The highest BCUT2D eigenvalue weighted by atomic mass is 35.5. The highest BCUT2D eigenvalue weighted by molar-refractivity contribution is 7.92. The maximum absolute atomic E-state index is 12.9. The second-order valence-electron chi connectivity index (χ2n) is 6.25. The number of benzene rings is 2. The van der Waals surface area contributed by atoms with Crippen molar-refractivity contribution >= 4 is 50.5 Å². The molecule has 27 heavy (non-hydrogen) atoms. The van der Waals surface area contributed by atoms with E-state index in [9.17, 15) is 18.0 Å². The number of aryl methyl sites for hydroxylation is 1. The van der Waals surface area contributed by atoms with Crippen LogP contribution in [0.4, 0.5) is 17.1 Å². The third kappa shape index (κ3) is 4.06. The zero-order valence-electron chi connectivity index (χ0n) is 14.8. The molecule has 0 saturated carbocycles. The lowest BCUT2D eigenvalue weighted by Crippen LogP contribution is -2.48. The normalized spacial score (nSPS) is 13.7. The zero-order valence-corrected chi connectivity index (χ0v) is 16.3. The fourth-order valence-corrected chi connectivity index (χ4v) is 3.96. The Hall–Kier alpha value is -2.58. The second-order valence-corrected chi connectivity index (χ2v) is 8.59. The van der Waals surface area contributed by atoms with Crippen molar-refractivity contribution in [3.8, 4) is 0 Å². The van der Waals surface area contributed by atoms with Gasteiger partial charge < -0.3 is 5.32 Å². The molecule has 7 nitrogen and oxygen atoms in total. The van der Waals surface area contributed by atoms with Gasteiger partial charge in [-0.1, -0.05) is 29.8 Å². The summed E-state index contributed by atoms with van der Waals surface area (Å²) in [5.74, 6) is -0.853. The first kappa shape index (κ1) is 19.2. The van der Waals surface area contributed by atoms with E-state index in [0.29, 0.717) is 27.6 Å². The average Bonchev–Trinajstić information content (AvgIpc) is 2.60. The van der Waals surface area contributed by atoms with Gasteiger partial charge in [0.1, 0.15) is 13.1 Å². The lowest BCUT2D eigenvalue weighted by atomic mass is 10.2. The van der Waals surface area contributed by atoms with Crippen molar-refractivity contribution in [2.24, 2.45) is 0 Å². The van der Waals surface area contributed by atoms with E-state index in [0.717, 1.165) is 10.6 Å². The summed E-state index contributed by atoms with van der Waals surface area (Å²) in [6.07, 6.45) is 1.03. The summed E-state index contributed by atoms with van der Waals surface area (Å²) < 4.78 is 25.7. The van der Waals surface area contributed by atoms with Crippen LogP contribution in [0.2, 0.25) is 5.02 Å². The van der Waals surface area contributed by atoms with E-state index in [1.54, 1.807) is 43.3 Å².